The fourth-order valence-electron chi connectivity index (χ4n) is 2.29. The molecule has 2 aromatic rings. The lowest BCUT2D eigenvalue weighted by atomic mass is 10.1. The van der Waals surface area contributed by atoms with Crippen LogP contribution in [0.15, 0.2) is 53.4 Å². The fraction of sp³-hybridized carbons (Fsp3) is 0.278. The molecule has 6 nitrogen and oxygen atoms in total. The third-order valence-corrected chi connectivity index (χ3v) is 5.80. The van der Waals surface area contributed by atoms with Crippen molar-refractivity contribution in [2.24, 2.45) is 0 Å². The van der Waals surface area contributed by atoms with Crippen LogP contribution in [0.3, 0.4) is 0 Å². The van der Waals surface area contributed by atoms with Gasteiger partial charge >= 0.3 is 6.18 Å². The first-order valence-electron chi connectivity index (χ1n) is 8.09. The SMILES string of the molecule is CN(C)S(=O)(=O)c1ccc(C(=O)NCC(O)c2ccc(C(F)(F)F)cc2)cc1. The molecule has 2 aromatic carbocycles. The molecule has 0 radical (unpaired) electrons. The molecule has 0 aliphatic heterocycles. The first-order chi connectivity index (χ1) is 12.9. The van der Waals surface area contributed by atoms with Crippen molar-refractivity contribution < 1.29 is 31.5 Å². The van der Waals surface area contributed by atoms with E-state index in [1.165, 1.54) is 38.4 Å². The van der Waals surface area contributed by atoms with Crippen LogP contribution in [0.5, 0.6) is 0 Å². The number of carbonyl (C=O) groups excluding carboxylic acids is 1. The van der Waals surface area contributed by atoms with Gasteiger partial charge in [-0.1, -0.05) is 12.1 Å². The Hall–Kier alpha value is -2.43. The van der Waals surface area contributed by atoms with Crippen LogP contribution < -0.4 is 5.32 Å². The minimum atomic E-state index is -4.47. The van der Waals surface area contributed by atoms with E-state index in [1.54, 1.807) is 0 Å². The van der Waals surface area contributed by atoms with Crippen molar-refractivity contribution in [1.29, 1.82) is 0 Å². The molecular formula is C18H19F3N2O4S. The van der Waals surface area contributed by atoms with Gasteiger partial charge in [0.05, 0.1) is 16.6 Å². The Morgan fingerprint density at radius 2 is 1.61 bits per heavy atom. The Labute approximate surface area is 160 Å². The second-order valence-corrected chi connectivity index (χ2v) is 8.31. The first kappa shape index (κ1) is 21.9. The number of aliphatic hydroxyl groups excluding tert-OH is 1. The van der Waals surface area contributed by atoms with Gasteiger partial charge in [-0.15, -0.1) is 0 Å². The summed E-state index contributed by atoms with van der Waals surface area (Å²) in [7, 11) is -0.839. The average molecular weight is 416 g/mol. The molecular weight excluding hydrogens is 397 g/mol. The van der Waals surface area contributed by atoms with Crippen molar-refractivity contribution in [3.63, 3.8) is 0 Å². The number of rotatable bonds is 6. The number of amides is 1. The molecule has 0 aromatic heterocycles. The number of sulfonamides is 1. The van der Waals surface area contributed by atoms with Gasteiger partial charge in [0.1, 0.15) is 0 Å². The standard InChI is InChI=1S/C18H19F3N2O4S/c1-23(2)28(26,27)15-9-5-13(6-10-15)17(25)22-11-16(24)12-3-7-14(8-4-12)18(19,20)21/h3-10,16,24H,11H2,1-2H3,(H,22,25). The van der Waals surface area contributed by atoms with Crippen LogP contribution in [0.2, 0.25) is 0 Å². The Morgan fingerprint density at radius 1 is 1.07 bits per heavy atom. The van der Waals surface area contributed by atoms with Gasteiger partial charge in [-0.05, 0) is 42.0 Å². The minimum Gasteiger partial charge on any atom is -0.387 e. The molecule has 0 spiro atoms. The van der Waals surface area contributed by atoms with E-state index in [0.717, 1.165) is 28.6 Å². The minimum absolute atomic E-state index is 0.0267. The van der Waals surface area contributed by atoms with Crippen molar-refractivity contribution in [1.82, 2.24) is 9.62 Å². The lowest BCUT2D eigenvalue weighted by Crippen LogP contribution is -2.28. The molecule has 28 heavy (non-hydrogen) atoms. The number of hydrogen-bond donors (Lipinski definition) is 2. The van der Waals surface area contributed by atoms with Gasteiger partial charge in [0.2, 0.25) is 10.0 Å². The topological polar surface area (TPSA) is 86.7 Å². The van der Waals surface area contributed by atoms with E-state index in [2.05, 4.69) is 5.32 Å². The molecule has 0 saturated heterocycles. The molecule has 1 unspecified atom stereocenters. The van der Waals surface area contributed by atoms with E-state index >= 15 is 0 Å². The summed E-state index contributed by atoms with van der Waals surface area (Å²) in [6, 6.07) is 9.22. The van der Waals surface area contributed by atoms with Gasteiger partial charge in [-0.3, -0.25) is 4.79 Å². The molecule has 0 aliphatic carbocycles. The van der Waals surface area contributed by atoms with Crippen LogP contribution in [0.25, 0.3) is 0 Å². The summed E-state index contributed by atoms with van der Waals surface area (Å²) in [5, 5.41) is 12.5. The van der Waals surface area contributed by atoms with Crippen LogP contribution in [-0.2, 0) is 16.2 Å². The lowest BCUT2D eigenvalue weighted by Gasteiger charge is -2.14. The summed E-state index contributed by atoms with van der Waals surface area (Å²) in [4.78, 5) is 12.2. The van der Waals surface area contributed by atoms with Crippen molar-refractivity contribution >= 4 is 15.9 Å². The zero-order valence-electron chi connectivity index (χ0n) is 15.1. The van der Waals surface area contributed by atoms with Gasteiger partial charge in [0.15, 0.2) is 0 Å². The smallest absolute Gasteiger partial charge is 0.387 e. The summed E-state index contributed by atoms with van der Waals surface area (Å²) >= 11 is 0. The predicted octanol–water partition coefficient (Wildman–Crippen LogP) is 2.42. The average Bonchev–Trinajstić information content (AvgIpc) is 2.65. The highest BCUT2D eigenvalue weighted by Crippen LogP contribution is 2.29. The zero-order chi connectivity index (χ0) is 21.1. The van der Waals surface area contributed by atoms with Crippen molar-refractivity contribution in [2.45, 2.75) is 17.2 Å². The van der Waals surface area contributed by atoms with Crippen LogP contribution in [-0.4, -0.2) is 44.4 Å². The quantitative estimate of drug-likeness (QED) is 0.757. The molecule has 152 valence electrons. The van der Waals surface area contributed by atoms with Crippen LogP contribution >= 0.6 is 0 Å². The Morgan fingerprint density at radius 3 is 2.07 bits per heavy atom. The monoisotopic (exact) mass is 416 g/mol. The van der Waals surface area contributed by atoms with Gasteiger partial charge in [-0.25, -0.2) is 12.7 Å². The predicted molar refractivity (Wildman–Crippen MR) is 96.1 cm³/mol. The summed E-state index contributed by atoms with van der Waals surface area (Å²) in [5.74, 6) is -0.556. The number of alkyl halides is 3. The molecule has 0 bridgehead atoms. The molecule has 0 heterocycles. The summed E-state index contributed by atoms with van der Waals surface area (Å²) < 4.78 is 62.7. The number of nitrogens with zero attached hydrogens (tertiary/aromatic N) is 1. The van der Waals surface area contributed by atoms with E-state index in [0.29, 0.717) is 0 Å². The van der Waals surface area contributed by atoms with Crippen molar-refractivity contribution in [2.75, 3.05) is 20.6 Å². The van der Waals surface area contributed by atoms with E-state index in [-0.39, 0.29) is 22.6 Å². The third kappa shape index (κ3) is 5.09. The zero-order valence-corrected chi connectivity index (χ0v) is 15.9. The van der Waals surface area contributed by atoms with Crippen LogP contribution in [0, 0.1) is 0 Å². The highest BCUT2D eigenvalue weighted by atomic mass is 32.2. The third-order valence-electron chi connectivity index (χ3n) is 3.97. The molecule has 10 heteroatoms. The molecule has 1 amide bonds. The highest BCUT2D eigenvalue weighted by molar-refractivity contribution is 7.89. The summed E-state index contributed by atoms with van der Waals surface area (Å²) in [6.45, 7) is -0.220. The number of carbonyl (C=O) groups is 1. The van der Waals surface area contributed by atoms with E-state index in [9.17, 15) is 31.5 Å². The Kier molecular flexibility index (Phi) is 6.48. The molecule has 1 atom stereocenters. The second-order valence-electron chi connectivity index (χ2n) is 6.16. The van der Waals surface area contributed by atoms with Gasteiger partial charge in [0, 0.05) is 26.2 Å². The maximum atomic E-state index is 12.5. The number of hydrogen-bond acceptors (Lipinski definition) is 4. The number of halogens is 3. The fourth-order valence-corrected chi connectivity index (χ4v) is 3.19. The summed E-state index contributed by atoms with van der Waals surface area (Å²) in [6.07, 6.45) is -5.66. The molecule has 0 aliphatic rings. The van der Waals surface area contributed by atoms with Crippen LogP contribution in [0.4, 0.5) is 13.2 Å². The number of nitrogens with one attached hydrogen (secondary N) is 1. The maximum Gasteiger partial charge on any atom is 0.416 e. The van der Waals surface area contributed by atoms with Crippen LogP contribution in [0.1, 0.15) is 27.6 Å². The molecule has 2 N–H and O–H groups in total. The molecule has 0 fully saturated rings. The Balaban J connectivity index is 2.00. The van der Waals surface area contributed by atoms with Crippen molar-refractivity contribution in [3.05, 3.63) is 65.2 Å². The van der Waals surface area contributed by atoms with Gasteiger partial charge in [-0.2, -0.15) is 13.2 Å². The number of aliphatic hydroxyl groups is 1. The maximum absolute atomic E-state index is 12.5. The van der Waals surface area contributed by atoms with Gasteiger partial charge in [0.25, 0.3) is 5.91 Å². The second kappa shape index (κ2) is 8.29. The number of benzene rings is 2. The molecule has 0 saturated carbocycles. The largest absolute Gasteiger partial charge is 0.416 e. The van der Waals surface area contributed by atoms with E-state index < -0.39 is 33.8 Å². The lowest BCUT2D eigenvalue weighted by molar-refractivity contribution is -0.137. The highest BCUT2D eigenvalue weighted by Gasteiger charge is 2.30. The van der Waals surface area contributed by atoms with Crippen molar-refractivity contribution in [3.8, 4) is 0 Å². The molecule has 2 rings (SSSR count). The van der Waals surface area contributed by atoms with E-state index in [4.69, 9.17) is 0 Å². The Bertz CT molecular complexity index is 925. The van der Waals surface area contributed by atoms with E-state index in [1.807, 2.05) is 0 Å². The van der Waals surface area contributed by atoms with Gasteiger partial charge < -0.3 is 10.4 Å². The normalized spacial score (nSPS) is 13.4. The first-order valence-corrected chi connectivity index (χ1v) is 9.53. The summed E-state index contributed by atoms with van der Waals surface area (Å²) in [5.41, 5.74) is -0.432.